The average molecular weight is 360 g/mol. The molecule has 1 atom stereocenters. The fourth-order valence-corrected chi connectivity index (χ4v) is 3.02. The van der Waals surface area contributed by atoms with Gasteiger partial charge in [-0.25, -0.2) is 0 Å². The Labute approximate surface area is 154 Å². The highest BCUT2D eigenvalue weighted by Gasteiger charge is 2.43. The minimum atomic E-state index is -0.816. The number of nitrogens with one attached hydrogen (secondary N) is 1. The monoisotopic (exact) mass is 360 g/mol. The molecule has 1 aliphatic heterocycles. The van der Waals surface area contributed by atoms with E-state index in [9.17, 15) is 14.4 Å². The largest absolute Gasteiger partial charge is 0.381 e. The third kappa shape index (κ3) is 4.49. The van der Waals surface area contributed by atoms with Crippen LogP contribution < -0.4 is 5.32 Å². The molecule has 0 aromatic heterocycles. The molecule has 0 fully saturated rings. The molecule has 0 aliphatic carbocycles. The zero-order valence-electron chi connectivity index (χ0n) is 15.8. The second-order valence-corrected chi connectivity index (χ2v) is 6.83. The predicted octanol–water partition coefficient (Wildman–Crippen LogP) is 2.63. The van der Waals surface area contributed by atoms with Gasteiger partial charge in [-0.15, -0.1) is 0 Å². The fraction of sp³-hybridized carbons (Fsp3) is 0.550. The van der Waals surface area contributed by atoms with Crippen molar-refractivity contribution in [3.63, 3.8) is 0 Å². The number of benzene rings is 1. The van der Waals surface area contributed by atoms with Crippen molar-refractivity contribution in [2.75, 3.05) is 19.8 Å². The van der Waals surface area contributed by atoms with Crippen molar-refractivity contribution in [2.45, 2.75) is 46.1 Å². The number of fused-ring (bicyclic) bond motifs is 1. The van der Waals surface area contributed by atoms with Crippen LogP contribution in [-0.4, -0.2) is 48.4 Å². The molecule has 26 heavy (non-hydrogen) atoms. The Bertz CT molecular complexity index is 622. The molecular weight excluding hydrogens is 332 g/mol. The Morgan fingerprint density at radius 3 is 2.19 bits per heavy atom. The normalized spacial score (nSPS) is 14.7. The molecule has 0 spiro atoms. The summed E-state index contributed by atoms with van der Waals surface area (Å²) in [5, 5.41) is 2.83. The number of unbranched alkanes of at least 4 members (excludes halogenated alkanes) is 1. The predicted molar refractivity (Wildman–Crippen MR) is 98.9 cm³/mol. The summed E-state index contributed by atoms with van der Waals surface area (Å²) >= 11 is 0. The van der Waals surface area contributed by atoms with Gasteiger partial charge in [0, 0.05) is 19.8 Å². The molecule has 0 saturated heterocycles. The first kappa shape index (κ1) is 20.1. The molecule has 1 N–H and O–H groups in total. The first-order chi connectivity index (χ1) is 12.5. The van der Waals surface area contributed by atoms with Gasteiger partial charge in [0.1, 0.15) is 6.04 Å². The average Bonchev–Trinajstić information content (AvgIpc) is 2.86. The van der Waals surface area contributed by atoms with Crippen LogP contribution in [0.2, 0.25) is 0 Å². The van der Waals surface area contributed by atoms with Crippen molar-refractivity contribution in [3.8, 4) is 0 Å². The lowest BCUT2D eigenvalue weighted by Gasteiger charge is -2.28. The topological polar surface area (TPSA) is 75.7 Å². The summed E-state index contributed by atoms with van der Waals surface area (Å²) in [4.78, 5) is 39.0. The Balaban J connectivity index is 1.96. The SMILES string of the molecule is CCCCOCCCNC(=O)C(C(C)C)N1C(=O)c2ccccc2C1=O. The van der Waals surface area contributed by atoms with E-state index in [0.29, 0.717) is 30.7 Å². The van der Waals surface area contributed by atoms with Crippen molar-refractivity contribution in [3.05, 3.63) is 35.4 Å². The molecule has 1 aromatic carbocycles. The lowest BCUT2D eigenvalue weighted by atomic mass is 10.0. The third-order valence-corrected chi connectivity index (χ3v) is 4.41. The molecule has 1 aliphatic rings. The summed E-state index contributed by atoms with van der Waals surface area (Å²) in [5.41, 5.74) is 0.723. The van der Waals surface area contributed by atoms with Crippen molar-refractivity contribution in [2.24, 2.45) is 5.92 Å². The number of ether oxygens (including phenoxy) is 1. The highest BCUT2D eigenvalue weighted by molar-refractivity contribution is 6.22. The van der Waals surface area contributed by atoms with Crippen LogP contribution in [0.3, 0.4) is 0 Å². The van der Waals surface area contributed by atoms with Gasteiger partial charge < -0.3 is 10.1 Å². The molecule has 0 saturated carbocycles. The molecule has 6 nitrogen and oxygen atoms in total. The van der Waals surface area contributed by atoms with E-state index < -0.39 is 17.9 Å². The Hall–Kier alpha value is -2.21. The molecule has 1 unspecified atom stereocenters. The summed E-state index contributed by atoms with van der Waals surface area (Å²) in [6.07, 6.45) is 2.82. The van der Waals surface area contributed by atoms with Crippen molar-refractivity contribution in [1.29, 1.82) is 0 Å². The standard InChI is InChI=1S/C20H28N2O4/c1-4-5-12-26-13-8-11-21-18(23)17(14(2)3)22-19(24)15-9-6-7-10-16(15)20(22)25/h6-7,9-10,14,17H,4-5,8,11-13H2,1-3H3,(H,21,23). The first-order valence-electron chi connectivity index (χ1n) is 9.31. The summed E-state index contributed by atoms with van der Waals surface area (Å²) in [5.74, 6) is -1.29. The van der Waals surface area contributed by atoms with Gasteiger partial charge in [-0.1, -0.05) is 39.3 Å². The van der Waals surface area contributed by atoms with Gasteiger partial charge in [0.05, 0.1) is 11.1 Å². The van der Waals surface area contributed by atoms with Gasteiger partial charge in [-0.3, -0.25) is 19.3 Å². The van der Waals surface area contributed by atoms with Gasteiger partial charge in [-0.2, -0.15) is 0 Å². The molecular formula is C20H28N2O4. The van der Waals surface area contributed by atoms with Gasteiger partial charge in [0.15, 0.2) is 0 Å². The van der Waals surface area contributed by atoms with Crippen molar-refractivity contribution >= 4 is 17.7 Å². The van der Waals surface area contributed by atoms with Crippen LogP contribution in [-0.2, 0) is 9.53 Å². The van der Waals surface area contributed by atoms with Crippen LogP contribution >= 0.6 is 0 Å². The second-order valence-electron chi connectivity index (χ2n) is 6.83. The number of carbonyl (C=O) groups is 3. The van der Waals surface area contributed by atoms with E-state index in [1.54, 1.807) is 24.3 Å². The quantitative estimate of drug-likeness (QED) is 0.514. The Kier molecular flexibility index (Phi) is 7.33. The smallest absolute Gasteiger partial charge is 0.262 e. The maximum absolute atomic E-state index is 12.7. The molecule has 0 bridgehead atoms. The summed E-state index contributed by atoms with van der Waals surface area (Å²) < 4.78 is 5.47. The fourth-order valence-electron chi connectivity index (χ4n) is 3.02. The van der Waals surface area contributed by atoms with Crippen LogP contribution in [0.1, 0.15) is 60.7 Å². The second kappa shape index (κ2) is 9.48. The van der Waals surface area contributed by atoms with Crippen molar-refractivity contribution in [1.82, 2.24) is 10.2 Å². The number of imide groups is 1. The number of hydrogen-bond donors (Lipinski definition) is 1. The van der Waals surface area contributed by atoms with E-state index in [4.69, 9.17) is 4.74 Å². The van der Waals surface area contributed by atoms with Crippen molar-refractivity contribution < 1.29 is 19.1 Å². The third-order valence-electron chi connectivity index (χ3n) is 4.41. The lowest BCUT2D eigenvalue weighted by Crippen LogP contribution is -2.52. The zero-order valence-corrected chi connectivity index (χ0v) is 15.8. The number of carbonyl (C=O) groups excluding carboxylic acids is 3. The van der Waals surface area contributed by atoms with E-state index in [1.807, 2.05) is 13.8 Å². The Morgan fingerprint density at radius 1 is 1.08 bits per heavy atom. The molecule has 2 rings (SSSR count). The van der Waals surface area contributed by atoms with Crippen LogP contribution in [0, 0.1) is 5.92 Å². The lowest BCUT2D eigenvalue weighted by molar-refractivity contribution is -0.126. The van der Waals surface area contributed by atoms with Gasteiger partial charge in [0.25, 0.3) is 11.8 Å². The number of rotatable bonds is 10. The molecule has 1 heterocycles. The minimum Gasteiger partial charge on any atom is -0.381 e. The van der Waals surface area contributed by atoms with Crippen LogP contribution in [0.25, 0.3) is 0 Å². The first-order valence-corrected chi connectivity index (χ1v) is 9.31. The van der Waals surface area contributed by atoms with Crippen LogP contribution in [0.4, 0.5) is 0 Å². The van der Waals surface area contributed by atoms with Gasteiger partial charge in [-0.05, 0) is 30.9 Å². The summed E-state index contributed by atoms with van der Waals surface area (Å²) in [6.45, 7) is 7.54. The minimum absolute atomic E-state index is 0.182. The maximum Gasteiger partial charge on any atom is 0.262 e. The number of hydrogen-bond acceptors (Lipinski definition) is 4. The van der Waals surface area contributed by atoms with Gasteiger partial charge >= 0.3 is 0 Å². The van der Waals surface area contributed by atoms with E-state index in [0.717, 1.165) is 24.3 Å². The number of nitrogens with zero attached hydrogens (tertiary/aromatic N) is 1. The maximum atomic E-state index is 12.7. The van der Waals surface area contributed by atoms with Crippen LogP contribution in [0.15, 0.2) is 24.3 Å². The molecule has 142 valence electrons. The van der Waals surface area contributed by atoms with E-state index in [-0.39, 0.29) is 11.8 Å². The zero-order chi connectivity index (χ0) is 19.1. The van der Waals surface area contributed by atoms with Gasteiger partial charge in [0.2, 0.25) is 5.91 Å². The molecule has 0 radical (unpaired) electrons. The molecule has 1 aromatic rings. The van der Waals surface area contributed by atoms with E-state index >= 15 is 0 Å². The number of amides is 3. The van der Waals surface area contributed by atoms with E-state index in [1.165, 1.54) is 0 Å². The molecule has 3 amide bonds. The highest BCUT2D eigenvalue weighted by Crippen LogP contribution is 2.27. The summed E-state index contributed by atoms with van der Waals surface area (Å²) in [7, 11) is 0. The summed E-state index contributed by atoms with van der Waals surface area (Å²) in [6, 6.07) is 5.87. The van der Waals surface area contributed by atoms with E-state index in [2.05, 4.69) is 12.2 Å². The Morgan fingerprint density at radius 2 is 1.65 bits per heavy atom. The van der Waals surface area contributed by atoms with Crippen LogP contribution in [0.5, 0.6) is 0 Å². The molecule has 6 heteroatoms. The highest BCUT2D eigenvalue weighted by atomic mass is 16.5.